The monoisotopic (exact) mass is 323 g/mol. The van der Waals surface area contributed by atoms with Gasteiger partial charge in [-0.3, -0.25) is 29.4 Å². The van der Waals surface area contributed by atoms with Crippen LogP contribution in [0.2, 0.25) is 0 Å². The zero-order valence-corrected chi connectivity index (χ0v) is 12.5. The van der Waals surface area contributed by atoms with Crippen LogP contribution in [0.4, 0.5) is 5.69 Å². The Balaban J connectivity index is 1.74. The predicted octanol–water partition coefficient (Wildman–Crippen LogP) is 0.528. The summed E-state index contributed by atoms with van der Waals surface area (Å²) in [4.78, 5) is 51.1. The summed E-state index contributed by atoms with van der Waals surface area (Å²) in [5, 5.41) is 4.75. The van der Waals surface area contributed by atoms with E-state index in [1.807, 2.05) is 12.2 Å². The zero-order valence-electron chi connectivity index (χ0n) is 12.5. The van der Waals surface area contributed by atoms with Crippen LogP contribution in [0.25, 0.3) is 10.8 Å². The lowest BCUT2D eigenvalue weighted by Gasteiger charge is -2.18. The van der Waals surface area contributed by atoms with Gasteiger partial charge in [0.25, 0.3) is 11.1 Å². The first-order valence-corrected chi connectivity index (χ1v) is 7.88. The number of hydrogen-bond acceptors (Lipinski definition) is 4. The molecule has 1 aliphatic heterocycles. The third-order valence-corrected chi connectivity index (χ3v) is 5.51. The van der Waals surface area contributed by atoms with Gasteiger partial charge in [-0.2, -0.15) is 0 Å². The topological polar surface area (TPSA) is 103 Å². The van der Waals surface area contributed by atoms with Crippen LogP contribution < -0.4 is 16.0 Å². The molecule has 2 bridgehead atoms. The molecular weight excluding hydrogens is 310 g/mol. The Kier molecular flexibility index (Phi) is 2.42. The maximum Gasteiger partial charge on any atom is 0.272 e. The van der Waals surface area contributed by atoms with E-state index in [2.05, 4.69) is 10.2 Å². The van der Waals surface area contributed by atoms with Gasteiger partial charge in [0, 0.05) is 0 Å². The number of aromatic nitrogens is 2. The molecule has 1 aromatic heterocycles. The van der Waals surface area contributed by atoms with E-state index in [1.165, 1.54) is 6.07 Å². The summed E-state index contributed by atoms with van der Waals surface area (Å²) >= 11 is 0. The first-order valence-electron chi connectivity index (χ1n) is 7.88. The molecule has 24 heavy (non-hydrogen) atoms. The van der Waals surface area contributed by atoms with Crippen molar-refractivity contribution in [2.75, 3.05) is 4.90 Å². The molecule has 3 aliphatic rings. The molecule has 0 unspecified atom stereocenters. The van der Waals surface area contributed by atoms with E-state index >= 15 is 0 Å². The molecule has 2 N–H and O–H groups in total. The number of nitrogens with zero attached hydrogens (tertiary/aromatic N) is 1. The van der Waals surface area contributed by atoms with E-state index in [0.29, 0.717) is 0 Å². The van der Waals surface area contributed by atoms with Crippen molar-refractivity contribution in [3.63, 3.8) is 0 Å². The largest absolute Gasteiger partial charge is 0.274 e. The fourth-order valence-corrected chi connectivity index (χ4v) is 4.54. The van der Waals surface area contributed by atoms with Gasteiger partial charge in [-0.05, 0) is 30.4 Å². The highest BCUT2D eigenvalue weighted by Gasteiger charge is 2.59. The van der Waals surface area contributed by atoms with Gasteiger partial charge >= 0.3 is 0 Å². The highest BCUT2D eigenvalue weighted by molar-refractivity contribution is 6.25. The number of benzene rings is 1. The number of rotatable bonds is 1. The van der Waals surface area contributed by atoms with Crippen LogP contribution in [0.5, 0.6) is 0 Å². The number of allylic oxidation sites excluding steroid dienone is 2. The number of imide groups is 1. The summed E-state index contributed by atoms with van der Waals surface area (Å²) in [5.41, 5.74) is -0.796. The first-order chi connectivity index (χ1) is 11.6. The molecule has 0 spiro atoms. The Morgan fingerprint density at radius 1 is 0.875 bits per heavy atom. The minimum absolute atomic E-state index is 0.0724. The lowest BCUT2D eigenvalue weighted by atomic mass is 9.85. The van der Waals surface area contributed by atoms with Gasteiger partial charge in [-0.15, -0.1) is 0 Å². The second-order valence-electron chi connectivity index (χ2n) is 6.62. The van der Waals surface area contributed by atoms with Crippen molar-refractivity contribution in [2.45, 2.75) is 6.42 Å². The molecule has 7 heteroatoms. The van der Waals surface area contributed by atoms with Gasteiger partial charge < -0.3 is 0 Å². The molecule has 2 aliphatic carbocycles. The van der Waals surface area contributed by atoms with E-state index in [-0.39, 0.29) is 51.9 Å². The molecule has 0 radical (unpaired) electrons. The molecule has 1 aromatic carbocycles. The number of nitrogens with one attached hydrogen (secondary N) is 2. The first kappa shape index (κ1) is 13.5. The fraction of sp³-hybridized carbons (Fsp3) is 0.294. The van der Waals surface area contributed by atoms with Gasteiger partial charge in [-0.1, -0.05) is 18.2 Å². The predicted molar refractivity (Wildman–Crippen MR) is 85.4 cm³/mol. The minimum atomic E-state index is -0.529. The average molecular weight is 323 g/mol. The van der Waals surface area contributed by atoms with E-state index in [4.69, 9.17) is 0 Å². The van der Waals surface area contributed by atoms with Crippen LogP contribution in [0.3, 0.4) is 0 Å². The molecule has 7 nitrogen and oxygen atoms in total. The van der Waals surface area contributed by atoms with Gasteiger partial charge in [-0.25, -0.2) is 4.90 Å². The summed E-state index contributed by atoms with van der Waals surface area (Å²) < 4.78 is 0. The number of amides is 2. The van der Waals surface area contributed by atoms with Crippen LogP contribution in [-0.4, -0.2) is 22.0 Å². The Bertz CT molecular complexity index is 1030. The molecule has 4 atom stereocenters. The second-order valence-corrected chi connectivity index (χ2v) is 6.62. The number of fused-ring (bicyclic) bond motifs is 6. The third kappa shape index (κ3) is 1.46. The maximum absolute atomic E-state index is 12.9. The standard InChI is InChI=1S/C17H13N3O4/c21-14-9-2-1-3-10(13(9)15(22)19-18-14)20-16(23)11-7-4-5-8(6-7)12(11)17(20)24/h1-5,7-8,11-12H,6H2,(H,18,21)(H,19,22)/t7-,8-,11-,12+/m0/s1. The Labute approximate surface area is 135 Å². The SMILES string of the molecule is O=C1[C@@H]2[C@H](C(=O)N1c1cccc3c(=O)[nH][nH]c(=O)c13)[C@H]1C=C[C@H]2C1. The van der Waals surface area contributed by atoms with Crippen LogP contribution in [0, 0.1) is 23.7 Å². The molecule has 5 rings (SSSR count). The summed E-state index contributed by atoms with van der Waals surface area (Å²) in [7, 11) is 0. The zero-order chi connectivity index (χ0) is 16.6. The summed E-state index contributed by atoms with van der Waals surface area (Å²) in [5.74, 6) is -1.04. The number of hydrogen-bond donors (Lipinski definition) is 2. The fourth-order valence-electron chi connectivity index (χ4n) is 4.54. The molecule has 1 saturated heterocycles. The lowest BCUT2D eigenvalue weighted by Crippen LogP contribution is -2.34. The second kappa shape index (κ2) is 4.31. The van der Waals surface area contributed by atoms with Crippen molar-refractivity contribution in [3.8, 4) is 0 Å². The third-order valence-electron chi connectivity index (χ3n) is 5.51. The Hall–Kier alpha value is -2.96. The lowest BCUT2D eigenvalue weighted by molar-refractivity contribution is -0.123. The van der Waals surface area contributed by atoms with Crippen molar-refractivity contribution in [2.24, 2.45) is 23.7 Å². The molecule has 2 amide bonds. The Morgan fingerprint density at radius 2 is 1.50 bits per heavy atom. The molecular formula is C17H13N3O4. The molecule has 2 fully saturated rings. The average Bonchev–Trinajstić information content (AvgIpc) is 3.25. The van der Waals surface area contributed by atoms with Crippen LogP contribution in [0.1, 0.15) is 6.42 Å². The van der Waals surface area contributed by atoms with Gasteiger partial charge in [0.15, 0.2) is 0 Å². The van der Waals surface area contributed by atoms with Crippen molar-refractivity contribution in [1.82, 2.24) is 10.2 Å². The summed E-state index contributed by atoms with van der Waals surface area (Å²) in [6.07, 6.45) is 4.87. The van der Waals surface area contributed by atoms with Crippen molar-refractivity contribution in [3.05, 3.63) is 51.1 Å². The molecule has 2 aromatic rings. The normalized spacial score (nSPS) is 30.6. The summed E-state index contributed by atoms with van der Waals surface area (Å²) in [6.45, 7) is 0. The van der Waals surface area contributed by atoms with Crippen molar-refractivity contribution in [1.29, 1.82) is 0 Å². The molecule has 120 valence electrons. The summed E-state index contributed by atoms with van der Waals surface area (Å²) in [6, 6.07) is 4.63. The number of carbonyl (C=O) groups is 2. The van der Waals surface area contributed by atoms with Crippen LogP contribution in [0.15, 0.2) is 39.9 Å². The van der Waals surface area contributed by atoms with Crippen molar-refractivity contribution < 1.29 is 9.59 Å². The molecule has 2 heterocycles. The van der Waals surface area contributed by atoms with E-state index in [9.17, 15) is 19.2 Å². The highest BCUT2D eigenvalue weighted by atomic mass is 16.2. The maximum atomic E-state index is 12.9. The van der Waals surface area contributed by atoms with E-state index in [1.54, 1.807) is 12.1 Å². The van der Waals surface area contributed by atoms with Crippen molar-refractivity contribution >= 4 is 28.3 Å². The van der Waals surface area contributed by atoms with Crippen LogP contribution in [-0.2, 0) is 9.59 Å². The van der Waals surface area contributed by atoms with Gasteiger partial charge in [0.1, 0.15) is 0 Å². The highest BCUT2D eigenvalue weighted by Crippen LogP contribution is 2.53. The number of anilines is 1. The van der Waals surface area contributed by atoms with Gasteiger partial charge in [0.05, 0.1) is 28.3 Å². The quantitative estimate of drug-likeness (QED) is 0.590. The van der Waals surface area contributed by atoms with Gasteiger partial charge in [0.2, 0.25) is 11.8 Å². The number of carbonyl (C=O) groups excluding carboxylic acids is 2. The van der Waals surface area contributed by atoms with E-state index in [0.717, 1.165) is 11.3 Å². The minimum Gasteiger partial charge on any atom is -0.274 e. The molecule has 1 saturated carbocycles. The van der Waals surface area contributed by atoms with Crippen LogP contribution >= 0.6 is 0 Å². The smallest absolute Gasteiger partial charge is 0.272 e. The Morgan fingerprint density at radius 3 is 2.17 bits per heavy atom. The number of aromatic amines is 2. The van der Waals surface area contributed by atoms with E-state index < -0.39 is 11.1 Å². The number of H-pyrrole nitrogens is 2.